The molecule has 0 aliphatic heterocycles. The molecule has 0 fully saturated rings. The second-order valence-electron chi connectivity index (χ2n) is 2.77. The summed E-state index contributed by atoms with van der Waals surface area (Å²) in [7, 11) is 2.70. The summed E-state index contributed by atoms with van der Waals surface area (Å²) in [5, 5.41) is 9.13. The fourth-order valence-electron chi connectivity index (χ4n) is 0.855. The molecule has 5 heteroatoms. The Hall–Kier alpha value is -1.41. The Morgan fingerprint density at radius 2 is 2.07 bits per heavy atom. The maximum atomic E-state index is 11.2. The topological polar surface area (TPSA) is 70.4 Å². The highest BCUT2D eigenvalue weighted by Gasteiger charge is 2.17. The van der Waals surface area contributed by atoms with Crippen molar-refractivity contribution < 1.29 is 14.4 Å². The molecule has 5 nitrogen and oxygen atoms in total. The molecule has 0 unspecified atom stereocenters. The van der Waals surface area contributed by atoms with Gasteiger partial charge in [-0.25, -0.2) is 5.06 Å². The number of amides is 1. The van der Waals surface area contributed by atoms with E-state index in [1.54, 1.807) is 0 Å². The Morgan fingerprint density at radius 1 is 1.43 bits per heavy atom. The van der Waals surface area contributed by atoms with E-state index in [1.807, 2.05) is 6.07 Å². The molecule has 0 saturated carbocycles. The number of rotatable bonds is 6. The van der Waals surface area contributed by atoms with E-state index >= 15 is 0 Å². The summed E-state index contributed by atoms with van der Waals surface area (Å²) in [6.45, 7) is 0. The minimum absolute atomic E-state index is 0.175. The first-order valence-corrected chi connectivity index (χ1v) is 4.35. The van der Waals surface area contributed by atoms with Crippen molar-refractivity contribution in [3.8, 4) is 6.07 Å². The summed E-state index contributed by atoms with van der Waals surface area (Å²) in [5.41, 5.74) is 0. The molecular formula is C9H14N2O3. The Bertz CT molecular complexity index is 245. The highest BCUT2D eigenvalue weighted by atomic mass is 16.7. The van der Waals surface area contributed by atoms with Crippen LogP contribution >= 0.6 is 0 Å². The lowest BCUT2D eigenvalue weighted by Gasteiger charge is -2.11. The predicted octanol–water partition coefficient (Wildman–Crippen LogP) is 0.659. The highest BCUT2D eigenvalue weighted by molar-refractivity contribution is 6.35. The van der Waals surface area contributed by atoms with Crippen molar-refractivity contribution >= 4 is 11.7 Å². The fraction of sp³-hybridized carbons (Fsp3) is 0.667. The standard InChI is InChI=1S/C9H14N2O3/c1-11(14-2)9(13)8(12)6-4-3-5-7-10/h3-6H2,1-2H3. The van der Waals surface area contributed by atoms with Gasteiger partial charge in [-0.05, 0) is 12.8 Å². The predicted molar refractivity (Wildman–Crippen MR) is 48.9 cm³/mol. The summed E-state index contributed by atoms with van der Waals surface area (Å²) in [6.07, 6.45) is 1.80. The number of unbranched alkanes of at least 4 members (excludes halogenated alkanes) is 2. The van der Waals surface area contributed by atoms with E-state index in [-0.39, 0.29) is 6.42 Å². The lowest BCUT2D eigenvalue weighted by molar-refractivity contribution is -0.172. The molecule has 0 aliphatic rings. The van der Waals surface area contributed by atoms with Gasteiger partial charge < -0.3 is 0 Å². The van der Waals surface area contributed by atoms with Crippen LogP contribution in [0.25, 0.3) is 0 Å². The van der Waals surface area contributed by atoms with Crippen LogP contribution in [-0.2, 0) is 14.4 Å². The van der Waals surface area contributed by atoms with E-state index in [9.17, 15) is 9.59 Å². The number of carbonyl (C=O) groups excluding carboxylic acids is 2. The Labute approximate surface area is 83.2 Å². The number of hydrogen-bond donors (Lipinski definition) is 0. The van der Waals surface area contributed by atoms with Crippen molar-refractivity contribution in [3.63, 3.8) is 0 Å². The van der Waals surface area contributed by atoms with Crippen molar-refractivity contribution in [1.82, 2.24) is 5.06 Å². The summed E-state index contributed by atoms with van der Waals surface area (Å²) in [6, 6.07) is 1.97. The lowest BCUT2D eigenvalue weighted by atomic mass is 10.1. The van der Waals surface area contributed by atoms with Crippen LogP contribution in [0.15, 0.2) is 0 Å². The SMILES string of the molecule is CON(C)C(=O)C(=O)CCCCC#N. The first-order valence-electron chi connectivity index (χ1n) is 4.35. The minimum atomic E-state index is -0.649. The molecule has 0 aromatic heterocycles. The second-order valence-corrected chi connectivity index (χ2v) is 2.77. The van der Waals surface area contributed by atoms with Crippen molar-refractivity contribution in [3.05, 3.63) is 0 Å². The van der Waals surface area contributed by atoms with E-state index < -0.39 is 11.7 Å². The van der Waals surface area contributed by atoms with E-state index in [2.05, 4.69) is 4.84 Å². The zero-order valence-electron chi connectivity index (χ0n) is 8.45. The van der Waals surface area contributed by atoms with Gasteiger partial charge in [-0.2, -0.15) is 5.26 Å². The van der Waals surface area contributed by atoms with E-state index in [1.165, 1.54) is 14.2 Å². The number of ketones is 1. The maximum absolute atomic E-state index is 11.2. The maximum Gasteiger partial charge on any atom is 0.313 e. The zero-order valence-corrected chi connectivity index (χ0v) is 8.45. The number of nitriles is 1. The molecular weight excluding hydrogens is 184 g/mol. The van der Waals surface area contributed by atoms with Gasteiger partial charge in [0.15, 0.2) is 0 Å². The molecule has 1 amide bonds. The number of carbonyl (C=O) groups is 2. The minimum Gasteiger partial charge on any atom is -0.289 e. The third-order valence-corrected chi connectivity index (χ3v) is 1.74. The van der Waals surface area contributed by atoms with E-state index in [0.29, 0.717) is 19.3 Å². The number of nitrogens with zero attached hydrogens (tertiary/aromatic N) is 2. The van der Waals surface area contributed by atoms with Gasteiger partial charge in [0.1, 0.15) is 0 Å². The van der Waals surface area contributed by atoms with Crippen LogP contribution in [0.3, 0.4) is 0 Å². The first kappa shape index (κ1) is 12.6. The molecule has 0 aliphatic carbocycles. The molecule has 14 heavy (non-hydrogen) atoms. The molecule has 0 saturated heterocycles. The van der Waals surface area contributed by atoms with Crippen LogP contribution in [0, 0.1) is 11.3 Å². The number of likely N-dealkylation sites (N-methyl/N-ethyl adjacent to an activating group) is 1. The second kappa shape index (κ2) is 7.04. The van der Waals surface area contributed by atoms with Crippen LogP contribution < -0.4 is 0 Å². The average Bonchev–Trinajstić information content (AvgIpc) is 2.21. The number of hydroxylamine groups is 2. The molecule has 0 aromatic carbocycles. The molecule has 78 valence electrons. The van der Waals surface area contributed by atoms with Gasteiger partial charge in [0.2, 0.25) is 5.78 Å². The van der Waals surface area contributed by atoms with Gasteiger partial charge >= 0.3 is 5.91 Å². The lowest BCUT2D eigenvalue weighted by Crippen LogP contribution is -2.32. The summed E-state index contributed by atoms with van der Waals surface area (Å²) < 4.78 is 0. The summed E-state index contributed by atoms with van der Waals surface area (Å²) >= 11 is 0. The Balaban J connectivity index is 3.75. The average molecular weight is 198 g/mol. The molecule has 0 bridgehead atoms. The number of hydrogen-bond acceptors (Lipinski definition) is 4. The third kappa shape index (κ3) is 4.58. The largest absolute Gasteiger partial charge is 0.313 e. The van der Waals surface area contributed by atoms with Crippen molar-refractivity contribution in [2.45, 2.75) is 25.7 Å². The quantitative estimate of drug-likeness (QED) is 0.357. The van der Waals surface area contributed by atoms with Gasteiger partial charge in [0, 0.05) is 19.9 Å². The highest BCUT2D eigenvalue weighted by Crippen LogP contribution is 2.01. The van der Waals surface area contributed by atoms with Gasteiger partial charge in [-0.3, -0.25) is 14.4 Å². The van der Waals surface area contributed by atoms with Gasteiger partial charge in [0.25, 0.3) is 0 Å². The van der Waals surface area contributed by atoms with Gasteiger partial charge in [0.05, 0.1) is 13.2 Å². The zero-order chi connectivity index (χ0) is 11.0. The molecule has 0 heterocycles. The smallest absolute Gasteiger partial charge is 0.289 e. The normalized spacial score (nSPS) is 9.21. The van der Waals surface area contributed by atoms with Crippen LogP contribution in [0.2, 0.25) is 0 Å². The molecule has 0 rings (SSSR count). The molecule has 0 aromatic rings. The molecule has 0 N–H and O–H groups in total. The van der Waals surface area contributed by atoms with E-state index in [0.717, 1.165) is 5.06 Å². The molecule has 0 atom stereocenters. The molecule has 0 radical (unpaired) electrons. The van der Waals surface area contributed by atoms with Crippen molar-refractivity contribution in [2.75, 3.05) is 14.2 Å². The Morgan fingerprint density at radius 3 is 2.57 bits per heavy atom. The van der Waals surface area contributed by atoms with Crippen LogP contribution in [-0.4, -0.2) is 30.9 Å². The molecule has 0 spiro atoms. The van der Waals surface area contributed by atoms with Crippen LogP contribution in [0.1, 0.15) is 25.7 Å². The summed E-state index contributed by atoms with van der Waals surface area (Å²) in [5.74, 6) is -1.13. The monoisotopic (exact) mass is 198 g/mol. The fourth-order valence-corrected chi connectivity index (χ4v) is 0.855. The van der Waals surface area contributed by atoms with Gasteiger partial charge in [-0.15, -0.1) is 0 Å². The summed E-state index contributed by atoms with van der Waals surface area (Å²) in [4.78, 5) is 26.8. The van der Waals surface area contributed by atoms with Crippen molar-refractivity contribution in [1.29, 1.82) is 5.26 Å². The first-order chi connectivity index (χ1) is 6.63. The van der Waals surface area contributed by atoms with Crippen molar-refractivity contribution in [2.24, 2.45) is 0 Å². The number of Topliss-reactive ketones (excluding diaryl/α,β-unsaturated/α-hetero) is 1. The Kier molecular flexibility index (Phi) is 6.33. The van der Waals surface area contributed by atoms with E-state index in [4.69, 9.17) is 5.26 Å². The van der Waals surface area contributed by atoms with Crippen LogP contribution in [0.4, 0.5) is 0 Å². The third-order valence-electron chi connectivity index (χ3n) is 1.74. The van der Waals surface area contributed by atoms with Crippen LogP contribution in [0.5, 0.6) is 0 Å². The van der Waals surface area contributed by atoms with Gasteiger partial charge in [-0.1, -0.05) is 0 Å².